The van der Waals surface area contributed by atoms with E-state index in [1.165, 1.54) is 128 Å². The van der Waals surface area contributed by atoms with Crippen molar-refractivity contribution in [2.75, 3.05) is 47.5 Å². The SMILES string of the molecule is CCCCCC/C=C\C/C=C\CCCCCCCC(=O)OC(COC(=O)CCCCCCCCCCCCCCCCCCCC)COC(OCC[N+](C)(C)C)C(=O)O. The average Bonchev–Trinajstić information content (AvgIpc) is 3.19. The molecule has 1 N–H and O–H groups in total. The Hall–Kier alpha value is -2.23. The minimum absolute atomic E-state index is 0.183. The van der Waals surface area contributed by atoms with Crippen LogP contribution >= 0.6 is 0 Å². The summed E-state index contributed by atoms with van der Waals surface area (Å²) in [5.41, 5.74) is 0. The molecule has 2 atom stereocenters. The number of hydrogen-bond donors (Lipinski definition) is 1. The lowest BCUT2D eigenvalue weighted by Gasteiger charge is -2.25. The molecule has 9 heteroatoms. The molecule has 0 aliphatic carbocycles. The largest absolute Gasteiger partial charge is 0.477 e. The van der Waals surface area contributed by atoms with Gasteiger partial charge in [-0.25, -0.2) is 4.79 Å². The third-order valence-electron chi connectivity index (χ3n) is 10.7. The number of aliphatic carboxylic acids is 1. The van der Waals surface area contributed by atoms with Crippen molar-refractivity contribution in [3.8, 4) is 0 Å². The van der Waals surface area contributed by atoms with Crippen molar-refractivity contribution < 1.29 is 42.9 Å². The number of carboxylic acid groups (broad SMARTS) is 1. The first-order valence-corrected chi connectivity index (χ1v) is 24.5. The van der Waals surface area contributed by atoms with Crippen LogP contribution in [0.5, 0.6) is 0 Å². The minimum Gasteiger partial charge on any atom is -0.477 e. The number of carboxylic acids is 1. The van der Waals surface area contributed by atoms with Crippen molar-refractivity contribution in [3.63, 3.8) is 0 Å². The molecule has 0 saturated carbocycles. The third kappa shape index (κ3) is 43.7. The van der Waals surface area contributed by atoms with Crippen molar-refractivity contribution in [1.29, 1.82) is 0 Å². The Bertz CT molecular complexity index is 1020. The number of hydrogen-bond acceptors (Lipinski definition) is 7. The third-order valence-corrected chi connectivity index (χ3v) is 10.7. The monoisotopic (exact) mass is 837 g/mol. The predicted molar refractivity (Wildman–Crippen MR) is 244 cm³/mol. The fourth-order valence-electron chi connectivity index (χ4n) is 6.87. The van der Waals surface area contributed by atoms with Gasteiger partial charge in [-0.3, -0.25) is 9.59 Å². The van der Waals surface area contributed by atoms with Gasteiger partial charge in [-0.2, -0.15) is 0 Å². The molecule has 0 aromatic carbocycles. The van der Waals surface area contributed by atoms with Gasteiger partial charge < -0.3 is 28.5 Å². The lowest BCUT2D eigenvalue weighted by molar-refractivity contribution is -0.870. The minimum atomic E-state index is -1.51. The van der Waals surface area contributed by atoms with Crippen LogP contribution < -0.4 is 0 Å². The molecule has 0 aromatic heterocycles. The average molecular weight is 837 g/mol. The van der Waals surface area contributed by atoms with Crippen molar-refractivity contribution in [2.24, 2.45) is 0 Å². The molecule has 0 amide bonds. The molecule has 0 aromatic rings. The Labute approximate surface area is 363 Å². The molecular weight excluding hydrogens is 743 g/mol. The maximum Gasteiger partial charge on any atom is 0.361 e. The van der Waals surface area contributed by atoms with E-state index in [4.69, 9.17) is 18.9 Å². The zero-order valence-corrected chi connectivity index (χ0v) is 39.2. The molecule has 0 radical (unpaired) electrons. The quantitative estimate of drug-likeness (QED) is 0.0212. The van der Waals surface area contributed by atoms with E-state index in [9.17, 15) is 19.5 Å². The van der Waals surface area contributed by atoms with Gasteiger partial charge in [0.2, 0.25) is 0 Å². The molecule has 0 aliphatic rings. The van der Waals surface area contributed by atoms with Gasteiger partial charge in [-0.05, 0) is 44.9 Å². The number of unbranched alkanes of at least 4 members (excludes halogenated alkanes) is 26. The van der Waals surface area contributed by atoms with E-state index in [2.05, 4.69) is 38.2 Å². The van der Waals surface area contributed by atoms with E-state index in [1.807, 2.05) is 21.1 Å². The van der Waals surface area contributed by atoms with E-state index >= 15 is 0 Å². The number of esters is 2. The van der Waals surface area contributed by atoms with Crippen LogP contribution in [0.15, 0.2) is 24.3 Å². The van der Waals surface area contributed by atoms with Gasteiger partial charge in [-0.1, -0.05) is 186 Å². The van der Waals surface area contributed by atoms with Crippen molar-refractivity contribution >= 4 is 17.9 Å². The second kappa shape index (κ2) is 42.5. The van der Waals surface area contributed by atoms with Crippen LogP contribution in [0.1, 0.15) is 219 Å². The molecule has 0 saturated heterocycles. The first-order chi connectivity index (χ1) is 28.6. The number of ether oxygens (including phenoxy) is 4. The summed E-state index contributed by atoms with van der Waals surface area (Å²) in [7, 11) is 5.96. The number of carbonyl (C=O) groups is 3. The zero-order chi connectivity index (χ0) is 43.5. The summed E-state index contributed by atoms with van der Waals surface area (Å²) in [6.45, 7) is 4.86. The van der Waals surface area contributed by atoms with E-state index in [-0.39, 0.29) is 32.2 Å². The molecule has 9 nitrogen and oxygen atoms in total. The predicted octanol–water partition coefficient (Wildman–Crippen LogP) is 13.2. The molecule has 0 rings (SSSR count). The number of nitrogens with zero attached hydrogens (tertiary/aromatic N) is 1. The number of allylic oxidation sites excluding steroid dienone is 4. The summed E-state index contributed by atoms with van der Waals surface area (Å²) < 4.78 is 22.8. The Kier molecular flexibility index (Phi) is 40.9. The fraction of sp³-hybridized carbons (Fsp3) is 0.860. The van der Waals surface area contributed by atoms with E-state index in [1.54, 1.807) is 0 Å². The highest BCUT2D eigenvalue weighted by Crippen LogP contribution is 2.16. The van der Waals surface area contributed by atoms with Gasteiger partial charge in [0.25, 0.3) is 6.29 Å². The molecule has 0 fully saturated rings. The van der Waals surface area contributed by atoms with Gasteiger partial charge in [-0.15, -0.1) is 0 Å². The van der Waals surface area contributed by atoms with Crippen LogP contribution in [-0.2, 0) is 33.3 Å². The number of carbonyl (C=O) groups excluding carboxylic acids is 2. The molecule has 0 spiro atoms. The van der Waals surface area contributed by atoms with Gasteiger partial charge in [0, 0.05) is 12.8 Å². The Morgan fingerprint density at radius 3 is 1.36 bits per heavy atom. The summed E-state index contributed by atoms with van der Waals surface area (Å²) in [6, 6.07) is 0. The van der Waals surface area contributed by atoms with E-state index in [0.29, 0.717) is 23.9 Å². The lowest BCUT2D eigenvalue weighted by Crippen LogP contribution is -2.40. The van der Waals surface area contributed by atoms with Crippen molar-refractivity contribution in [1.82, 2.24) is 0 Å². The first kappa shape index (κ1) is 56.8. The molecule has 346 valence electrons. The van der Waals surface area contributed by atoms with Crippen LogP contribution in [0.2, 0.25) is 0 Å². The van der Waals surface area contributed by atoms with Gasteiger partial charge in [0.15, 0.2) is 6.10 Å². The molecule has 59 heavy (non-hydrogen) atoms. The molecule has 0 heterocycles. The van der Waals surface area contributed by atoms with E-state index in [0.717, 1.165) is 57.8 Å². The molecule has 0 bridgehead atoms. The Balaban J connectivity index is 4.37. The summed E-state index contributed by atoms with van der Waals surface area (Å²) in [5, 5.41) is 9.65. The first-order valence-electron chi connectivity index (χ1n) is 24.5. The van der Waals surface area contributed by atoms with Gasteiger partial charge >= 0.3 is 17.9 Å². The molecule has 0 aliphatic heterocycles. The highest BCUT2D eigenvalue weighted by atomic mass is 16.7. The van der Waals surface area contributed by atoms with Crippen LogP contribution in [0, 0.1) is 0 Å². The Morgan fingerprint density at radius 1 is 0.508 bits per heavy atom. The summed E-state index contributed by atoms with van der Waals surface area (Å²) in [6.07, 6.45) is 43.7. The van der Waals surface area contributed by atoms with E-state index < -0.39 is 24.3 Å². The summed E-state index contributed by atoms with van der Waals surface area (Å²) in [4.78, 5) is 37.2. The highest BCUT2D eigenvalue weighted by Gasteiger charge is 2.25. The number of likely N-dealkylation sites (N-methyl/N-ethyl adjacent to an activating group) is 1. The summed E-state index contributed by atoms with van der Waals surface area (Å²) in [5.74, 6) is -2.01. The summed E-state index contributed by atoms with van der Waals surface area (Å²) >= 11 is 0. The fourth-order valence-corrected chi connectivity index (χ4v) is 6.87. The van der Waals surface area contributed by atoms with Crippen molar-refractivity contribution in [2.45, 2.75) is 232 Å². The normalized spacial score (nSPS) is 13.0. The molecular formula is C50H94NO8+. The smallest absolute Gasteiger partial charge is 0.361 e. The Morgan fingerprint density at radius 2 is 0.915 bits per heavy atom. The van der Waals surface area contributed by atoms with Gasteiger partial charge in [0.05, 0.1) is 34.4 Å². The van der Waals surface area contributed by atoms with Crippen LogP contribution in [0.25, 0.3) is 0 Å². The number of rotatable bonds is 45. The van der Waals surface area contributed by atoms with Crippen molar-refractivity contribution in [3.05, 3.63) is 24.3 Å². The van der Waals surface area contributed by atoms with Crippen LogP contribution in [0.3, 0.4) is 0 Å². The maximum atomic E-state index is 12.8. The maximum absolute atomic E-state index is 12.8. The topological polar surface area (TPSA) is 108 Å². The van der Waals surface area contributed by atoms with Crippen LogP contribution in [0.4, 0.5) is 0 Å². The standard InChI is InChI=1S/C50H93NO8/c1-6-8-10-12-14-16-18-20-22-24-25-27-28-30-32-34-36-38-40-47(52)57-44-46(45-58-50(49(54)55)56-43-42-51(3,4)5)59-48(53)41-39-37-35-33-31-29-26-23-21-19-17-15-13-11-9-7-2/h17,19,23,26,46,50H,6-16,18,20-22,24-25,27-45H2,1-5H3/p+1/b19-17-,26-23-. The lowest BCUT2D eigenvalue weighted by atomic mass is 10.0. The zero-order valence-electron chi connectivity index (χ0n) is 39.2. The second-order valence-electron chi connectivity index (χ2n) is 17.8. The molecule has 2 unspecified atom stereocenters. The second-order valence-corrected chi connectivity index (χ2v) is 17.8. The highest BCUT2D eigenvalue weighted by molar-refractivity contribution is 5.71. The van der Waals surface area contributed by atoms with Crippen LogP contribution in [-0.4, -0.2) is 87.4 Å². The van der Waals surface area contributed by atoms with Gasteiger partial charge in [0.1, 0.15) is 13.2 Å². The number of quaternary nitrogens is 1.